The van der Waals surface area contributed by atoms with Crippen molar-refractivity contribution in [3.05, 3.63) is 35.4 Å². The van der Waals surface area contributed by atoms with Gasteiger partial charge in [-0.1, -0.05) is 18.2 Å². The fraction of sp³-hybridized carbons (Fsp3) is 0.609. The first-order valence-corrected chi connectivity index (χ1v) is 12.2. The van der Waals surface area contributed by atoms with Crippen LogP contribution in [0.15, 0.2) is 24.3 Å². The van der Waals surface area contributed by atoms with Crippen molar-refractivity contribution >= 4 is 17.7 Å². The van der Waals surface area contributed by atoms with Gasteiger partial charge in [0.05, 0.1) is 5.25 Å². The summed E-state index contributed by atoms with van der Waals surface area (Å²) >= 11 is 1.19. The Kier molecular flexibility index (Phi) is 4.82. The predicted octanol–water partition coefficient (Wildman–Crippen LogP) is -0.169. The molecule has 6 rings (SSSR count). The van der Waals surface area contributed by atoms with Gasteiger partial charge in [-0.2, -0.15) is 0 Å². The highest BCUT2D eigenvalue weighted by atomic mass is 32.2. The molecular formula is C23H27NO8S. The van der Waals surface area contributed by atoms with Crippen molar-refractivity contribution in [1.82, 2.24) is 4.90 Å². The molecule has 3 heterocycles. The molecule has 0 aromatic heterocycles. The molecular weight excluding hydrogens is 450 g/mol. The number of aliphatic hydroxyl groups is 3. The number of aliphatic hydroxyl groups excluding tert-OH is 3. The van der Waals surface area contributed by atoms with E-state index < -0.39 is 35.8 Å². The van der Waals surface area contributed by atoms with Crippen LogP contribution >= 0.6 is 11.8 Å². The van der Waals surface area contributed by atoms with E-state index in [-0.39, 0.29) is 28.4 Å². The van der Waals surface area contributed by atoms with E-state index in [1.54, 1.807) is 6.07 Å². The second-order valence-corrected chi connectivity index (χ2v) is 11.1. The highest BCUT2D eigenvalue weighted by molar-refractivity contribution is 8.00. The number of phenols is 1. The molecule has 0 radical (unpaired) electrons. The third-order valence-corrected chi connectivity index (χ3v) is 9.61. The van der Waals surface area contributed by atoms with Gasteiger partial charge in [-0.3, -0.25) is 0 Å². The minimum atomic E-state index is -1.72. The lowest BCUT2D eigenvalue weighted by Crippen LogP contribution is -2.65. The van der Waals surface area contributed by atoms with Crippen molar-refractivity contribution < 1.29 is 39.8 Å². The van der Waals surface area contributed by atoms with Crippen LogP contribution in [0.25, 0.3) is 0 Å². The summed E-state index contributed by atoms with van der Waals surface area (Å²) in [4.78, 5) is 13.9. The van der Waals surface area contributed by atoms with Gasteiger partial charge in [-0.15, -0.1) is 11.8 Å². The Morgan fingerprint density at radius 3 is 2.73 bits per heavy atom. The van der Waals surface area contributed by atoms with Crippen molar-refractivity contribution in [1.29, 1.82) is 0 Å². The Morgan fingerprint density at radius 1 is 1.18 bits per heavy atom. The molecule has 2 bridgehead atoms. The molecule has 178 valence electrons. The van der Waals surface area contributed by atoms with Crippen LogP contribution < -0.4 is 4.74 Å². The highest BCUT2D eigenvalue weighted by Crippen LogP contribution is 2.63. The van der Waals surface area contributed by atoms with Crippen molar-refractivity contribution in [2.24, 2.45) is 5.92 Å². The molecule has 1 spiro atoms. The standard InChI is InChI=1S/C23H27NO8S/c1-24-7-6-23-10-3-5-13(33-22-17(28)15(26)16(27)19(32-22)21(29)30)20(23)31-18-12(25)4-2-9(14(18)23)8-11(10)24/h2-5,10-11,13,15-17,19-20,22,25-28H,6-8H2,1H3,(H,29,30)/t10-,11+,13+,15-,16-,17+,19-,20-,22-,23-/m0/s1. The van der Waals surface area contributed by atoms with Crippen LogP contribution in [0.5, 0.6) is 11.5 Å². The summed E-state index contributed by atoms with van der Waals surface area (Å²) in [6.07, 6.45) is -0.899. The molecule has 0 amide bonds. The first-order valence-electron chi connectivity index (χ1n) is 11.2. The zero-order chi connectivity index (χ0) is 23.2. The molecule has 1 aromatic rings. The van der Waals surface area contributed by atoms with Gasteiger partial charge in [-0.05, 0) is 38.1 Å². The number of rotatable bonds is 3. The molecule has 2 fully saturated rings. The molecule has 9 nitrogen and oxygen atoms in total. The van der Waals surface area contributed by atoms with E-state index in [1.165, 1.54) is 17.3 Å². The third kappa shape index (κ3) is 2.82. The lowest BCUT2D eigenvalue weighted by atomic mass is 9.53. The normalized spacial score (nSPS) is 45.4. The summed E-state index contributed by atoms with van der Waals surface area (Å²) in [7, 11) is 2.13. The van der Waals surface area contributed by atoms with Gasteiger partial charge in [0.1, 0.15) is 29.9 Å². The van der Waals surface area contributed by atoms with Crippen LogP contribution in [-0.2, 0) is 21.4 Å². The molecule has 0 saturated carbocycles. The van der Waals surface area contributed by atoms with E-state index in [2.05, 4.69) is 18.0 Å². The van der Waals surface area contributed by atoms with E-state index in [0.717, 1.165) is 24.9 Å². The number of aromatic hydroxyl groups is 1. The lowest BCUT2D eigenvalue weighted by molar-refractivity contribution is -0.209. The number of benzene rings is 1. The topological polar surface area (TPSA) is 140 Å². The second kappa shape index (κ2) is 7.34. The molecule has 1 aromatic carbocycles. The van der Waals surface area contributed by atoms with Gasteiger partial charge in [-0.25, -0.2) is 4.79 Å². The minimum Gasteiger partial charge on any atom is -0.504 e. The van der Waals surface area contributed by atoms with Gasteiger partial charge in [0.15, 0.2) is 17.6 Å². The quantitative estimate of drug-likeness (QED) is 0.373. The number of carboxylic acids is 1. The summed E-state index contributed by atoms with van der Waals surface area (Å²) in [5, 5.41) is 50.5. The number of likely N-dealkylation sites (N-methyl/N-ethyl adjacent to an activating group) is 1. The van der Waals surface area contributed by atoms with E-state index in [0.29, 0.717) is 11.8 Å². The smallest absolute Gasteiger partial charge is 0.335 e. The van der Waals surface area contributed by atoms with Gasteiger partial charge in [0.25, 0.3) is 0 Å². The largest absolute Gasteiger partial charge is 0.504 e. The van der Waals surface area contributed by atoms with Crippen molar-refractivity contribution in [3.63, 3.8) is 0 Å². The van der Waals surface area contributed by atoms with Gasteiger partial charge < -0.3 is 39.9 Å². The molecule has 5 N–H and O–H groups in total. The predicted molar refractivity (Wildman–Crippen MR) is 117 cm³/mol. The van der Waals surface area contributed by atoms with Gasteiger partial charge in [0, 0.05) is 22.9 Å². The van der Waals surface area contributed by atoms with Crippen molar-refractivity contribution in [2.45, 2.75) is 65.5 Å². The van der Waals surface area contributed by atoms with Crippen LogP contribution in [-0.4, -0.2) is 97.2 Å². The molecule has 0 unspecified atom stereocenters. The molecule has 10 atom stereocenters. The van der Waals surface area contributed by atoms with Crippen LogP contribution in [0.3, 0.4) is 0 Å². The van der Waals surface area contributed by atoms with Crippen LogP contribution in [0.1, 0.15) is 17.5 Å². The summed E-state index contributed by atoms with van der Waals surface area (Å²) in [5.41, 5.74) is 0.837. The summed E-state index contributed by atoms with van der Waals surface area (Å²) in [6, 6.07) is 3.96. The van der Waals surface area contributed by atoms with Crippen molar-refractivity contribution in [3.8, 4) is 11.5 Å². The number of piperidine rings is 1. The molecule has 5 aliphatic rings. The molecule has 10 heteroatoms. The number of nitrogens with zero attached hydrogens (tertiary/aromatic N) is 1. The molecule has 33 heavy (non-hydrogen) atoms. The number of ether oxygens (including phenoxy) is 2. The average Bonchev–Trinajstić information content (AvgIpc) is 3.14. The Bertz CT molecular complexity index is 1030. The maximum Gasteiger partial charge on any atom is 0.335 e. The van der Waals surface area contributed by atoms with Gasteiger partial charge >= 0.3 is 5.97 Å². The number of carboxylic acid groups (broad SMARTS) is 1. The summed E-state index contributed by atoms with van der Waals surface area (Å²) in [5.74, 6) is -0.578. The van der Waals surface area contributed by atoms with E-state index in [4.69, 9.17) is 9.47 Å². The Balaban J connectivity index is 1.38. The van der Waals surface area contributed by atoms with Crippen molar-refractivity contribution in [2.75, 3.05) is 13.6 Å². The summed E-state index contributed by atoms with van der Waals surface area (Å²) in [6.45, 7) is 0.884. The van der Waals surface area contributed by atoms with Gasteiger partial charge in [0.2, 0.25) is 0 Å². The number of hydrogen-bond acceptors (Lipinski definition) is 9. The zero-order valence-electron chi connectivity index (χ0n) is 17.9. The van der Waals surface area contributed by atoms with E-state index in [9.17, 15) is 30.3 Å². The van der Waals surface area contributed by atoms with E-state index in [1.807, 2.05) is 12.1 Å². The molecule has 3 aliphatic heterocycles. The number of aliphatic carboxylic acids is 1. The third-order valence-electron chi connectivity index (χ3n) is 8.23. The molecule has 2 aliphatic carbocycles. The van der Waals surface area contributed by atoms with Crippen LogP contribution in [0.2, 0.25) is 0 Å². The zero-order valence-corrected chi connectivity index (χ0v) is 18.8. The number of phenolic OH excluding ortho intramolecular Hbond substituents is 1. The second-order valence-electron chi connectivity index (χ2n) is 9.78. The lowest BCUT2D eigenvalue weighted by Gasteiger charge is -2.57. The number of carbonyl (C=O) groups is 1. The SMILES string of the molecule is CN1CC[C@]23c4c5ccc(O)c4O[C@H]2[C@H](S[C@@H]2O[C@H](C(=O)O)[C@@H](O)[C@H](O)[C@H]2O)C=C[C@H]3[C@H]1C5. The Hall–Kier alpha value is -1.82. The average molecular weight is 478 g/mol. The fourth-order valence-corrected chi connectivity index (χ4v) is 8.09. The minimum absolute atomic E-state index is 0.107. The Labute approximate surface area is 194 Å². The molecule has 2 saturated heterocycles. The van der Waals surface area contributed by atoms with E-state index >= 15 is 0 Å². The van der Waals surface area contributed by atoms with Crippen LogP contribution in [0.4, 0.5) is 0 Å². The number of thioether (sulfide) groups is 1. The number of likely N-dealkylation sites (tertiary alicyclic amines) is 1. The fourth-order valence-electron chi connectivity index (χ4n) is 6.66. The Morgan fingerprint density at radius 2 is 1.97 bits per heavy atom. The monoisotopic (exact) mass is 477 g/mol. The van der Waals surface area contributed by atoms with Crippen LogP contribution in [0, 0.1) is 5.92 Å². The first kappa shape index (κ1) is 21.7. The first-order chi connectivity index (χ1) is 15.7. The maximum atomic E-state index is 11.5. The number of hydrogen-bond donors (Lipinski definition) is 5. The highest BCUT2D eigenvalue weighted by Gasteiger charge is 2.65. The maximum absolute atomic E-state index is 11.5. The summed E-state index contributed by atoms with van der Waals surface area (Å²) < 4.78 is 12.0.